The van der Waals surface area contributed by atoms with Gasteiger partial charge in [-0.25, -0.2) is 9.98 Å². The molecule has 1 unspecified atom stereocenters. The van der Waals surface area contributed by atoms with E-state index in [9.17, 15) is 0 Å². The summed E-state index contributed by atoms with van der Waals surface area (Å²) in [5, 5.41) is 4.42. The molecule has 0 amide bonds. The van der Waals surface area contributed by atoms with Crippen LogP contribution >= 0.6 is 0 Å². The molecule has 0 aliphatic rings. The third-order valence-corrected chi connectivity index (χ3v) is 3.59. The molecule has 2 aromatic heterocycles. The molecule has 0 aliphatic heterocycles. The summed E-state index contributed by atoms with van der Waals surface area (Å²) in [6.45, 7) is 6.10. The monoisotopic (exact) mass is 338 g/mol. The van der Waals surface area contributed by atoms with E-state index >= 15 is 0 Å². The molecule has 0 N–H and O–H groups in total. The fourth-order valence-electron chi connectivity index (χ4n) is 2.60. The first kappa shape index (κ1) is 16.9. The lowest BCUT2D eigenvalue weighted by Crippen LogP contribution is -2.10. The van der Waals surface area contributed by atoms with E-state index in [-0.39, 0.29) is 6.10 Å². The van der Waals surface area contributed by atoms with Crippen molar-refractivity contribution in [3.05, 3.63) is 47.3 Å². The molecule has 0 spiro atoms. The lowest BCUT2D eigenvalue weighted by Gasteiger charge is -2.16. The predicted octanol–water partition coefficient (Wildman–Crippen LogP) is 3.10. The van der Waals surface area contributed by atoms with Crippen LogP contribution in [0.15, 0.2) is 35.5 Å². The number of hydrogen-bond donors (Lipinski definition) is 0. The summed E-state index contributed by atoms with van der Waals surface area (Å²) in [5.41, 5.74) is 3.20. The number of rotatable bonds is 5. The molecule has 0 saturated carbocycles. The van der Waals surface area contributed by atoms with Crippen molar-refractivity contribution < 1.29 is 4.74 Å². The van der Waals surface area contributed by atoms with Gasteiger partial charge in [0.05, 0.1) is 12.0 Å². The Bertz CT molecular complexity index is 895. The van der Waals surface area contributed by atoms with Gasteiger partial charge in [0.1, 0.15) is 11.9 Å². The Morgan fingerprint density at radius 2 is 1.92 bits per heavy atom. The molecule has 7 nitrogen and oxygen atoms in total. The molecule has 1 aromatic carbocycles. The second-order valence-electron chi connectivity index (χ2n) is 6.28. The molecular formula is C18H22N6O. The van der Waals surface area contributed by atoms with Gasteiger partial charge in [0.2, 0.25) is 0 Å². The van der Waals surface area contributed by atoms with Crippen LogP contribution in [0.3, 0.4) is 0 Å². The number of benzene rings is 1. The standard InChI is InChI=1S/C18H22N6O/c1-12-8-13(2)10-15(9-12)25-14(3)16-6-7-19-18-21-17(22-24(16)18)20-11-23(4)5/h6-11,14H,1-5H3/b20-11+. The summed E-state index contributed by atoms with van der Waals surface area (Å²) in [6, 6.07) is 8.05. The van der Waals surface area contributed by atoms with Gasteiger partial charge in [-0.15, -0.1) is 5.10 Å². The molecule has 130 valence electrons. The number of aryl methyl sites for hydroxylation is 2. The van der Waals surface area contributed by atoms with Crippen LogP contribution in [0.5, 0.6) is 5.75 Å². The molecule has 3 aromatic rings. The van der Waals surface area contributed by atoms with Crippen molar-refractivity contribution in [2.24, 2.45) is 4.99 Å². The molecule has 1 atom stereocenters. The van der Waals surface area contributed by atoms with E-state index in [1.54, 1.807) is 17.1 Å². The first-order valence-corrected chi connectivity index (χ1v) is 8.09. The number of ether oxygens (including phenoxy) is 1. The normalized spacial score (nSPS) is 12.7. The van der Waals surface area contributed by atoms with Crippen LogP contribution in [-0.4, -0.2) is 44.9 Å². The van der Waals surface area contributed by atoms with Crippen molar-refractivity contribution >= 4 is 18.1 Å². The lowest BCUT2D eigenvalue weighted by atomic mass is 10.1. The molecule has 0 radical (unpaired) electrons. The first-order valence-electron chi connectivity index (χ1n) is 8.09. The highest BCUT2D eigenvalue weighted by atomic mass is 16.5. The largest absolute Gasteiger partial charge is 0.484 e. The maximum Gasteiger partial charge on any atom is 0.272 e. The van der Waals surface area contributed by atoms with Crippen molar-refractivity contribution in [2.45, 2.75) is 26.9 Å². The van der Waals surface area contributed by atoms with Crippen LogP contribution in [0, 0.1) is 13.8 Å². The highest BCUT2D eigenvalue weighted by molar-refractivity contribution is 5.58. The molecule has 3 rings (SSSR count). The van der Waals surface area contributed by atoms with Crippen molar-refractivity contribution in [3.8, 4) is 5.75 Å². The highest BCUT2D eigenvalue weighted by Gasteiger charge is 2.15. The van der Waals surface area contributed by atoms with Gasteiger partial charge in [0, 0.05) is 20.3 Å². The van der Waals surface area contributed by atoms with Crippen LogP contribution in [0.25, 0.3) is 5.78 Å². The second-order valence-corrected chi connectivity index (χ2v) is 6.28. The third kappa shape index (κ3) is 3.93. The molecule has 0 fully saturated rings. The van der Waals surface area contributed by atoms with Crippen molar-refractivity contribution in [3.63, 3.8) is 0 Å². The van der Waals surface area contributed by atoms with E-state index in [1.165, 1.54) is 11.1 Å². The van der Waals surface area contributed by atoms with Gasteiger partial charge in [-0.1, -0.05) is 6.07 Å². The summed E-state index contributed by atoms with van der Waals surface area (Å²) >= 11 is 0. The van der Waals surface area contributed by atoms with Gasteiger partial charge in [-0.2, -0.15) is 9.50 Å². The minimum atomic E-state index is -0.209. The molecule has 2 heterocycles. The molecule has 0 aliphatic carbocycles. The number of hydrogen-bond acceptors (Lipinski definition) is 5. The fourth-order valence-corrected chi connectivity index (χ4v) is 2.60. The summed E-state index contributed by atoms with van der Waals surface area (Å²) in [4.78, 5) is 14.6. The van der Waals surface area contributed by atoms with Crippen LogP contribution in [0.1, 0.15) is 29.8 Å². The quantitative estimate of drug-likeness (QED) is 0.528. The van der Waals surface area contributed by atoms with Crippen molar-refractivity contribution in [1.29, 1.82) is 0 Å². The Hall–Kier alpha value is -2.96. The molecule has 0 bridgehead atoms. The zero-order chi connectivity index (χ0) is 18.0. The van der Waals surface area contributed by atoms with E-state index in [0.717, 1.165) is 11.4 Å². The molecule has 7 heteroatoms. The van der Waals surface area contributed by atoms with Gasteiger partial charge in [-0.05, 0) is 50.1 Å². The fraction of sp³-hybridized carbons (Fsp3) is 0.333. The van der Waals surface area contributed by atoms with E-state index in [1.807, 2.05) is 44.1 Å². The zero-order valence-corrected chi connectivity index (χ0v) is 15.1. The van der Waals surface area contributed by atoms with E-state index in [4.69, 9.17) is 4.74 Å². The van der Waals surface area contributed by atoms with Gasteiger partial charge in [-0.3, -0.25) is 0 Å². The Labute approximate surface area is 147 Å². The Morgan fingerprint density at radius 1 is 1.20 bits per heavy atom. The highest BCUT2D eigenvalue weighted by Crippen LogP contribution is 2.24. The van der Waals surface area contributed by atoms with Crippen molar-refractivity contribution in [2.75, 3.05) is 14.1 Å². The minimum absolute atomic E-state index is 0.209. The Balaban J connectivity index is 1.91. The molecular weight excluding hydrogens is 316 g/mol. The number of aliphatic imine (C=N–C) groups is 1. The van der Waals surface area contributed by atoms with Gasteiger partial charge < -0.3 is 9.64 Å². The zero-order valence-electron chi connectivity index (χ0n) is 15.1. The van der Waals surface area contributed by atoms with Crippen molar-refractivity contribution in [1.82, 2.24) is 24.5 Å². The number of aromatic nitrogens is 4. The SMILES string of the molecule is Cc1cc(C)cc(OC(C)c2ccnc3nc(/N=C/N(C)C)nn23)c1. The summed E-state index contributed by atoms with van der Waals surface area (Å²) in [7, 11) is 3.78. The molecule has 0 saturated heterocycles. The van der Waals surface area contributed by atoms with Gasteiger partial charge >= 0.3 is 0 Å². The summed E-state index contributed by atoms with van der Waals surface area (Å²) in [5.74, 6) is 1.70. The Morgan fingerprint density at radius 3 is 2.60 bits per heavy atom. The smallest absolute Gasteiger partial charge is 0.272 e. The average molecular weight is 338 g/mol. The van der Waals surface area contributed by atoms with Gasteiger partial charge in [0.15, 0.2) is 0 Å². The van der Waals surface area contributed by atoms with E-state index in [0.29, 0.717) is 11.7 Å². The second kappa shape index (κ2) is 6.88. The number of fused-ring (bicyclic) bond motifs is 1. The van der Waals surface area contributed by atoms with Crippen LogP contribution in [-0.2, 0) is 0 Å². The predicted molar refractivity (Wildman–Crippen MR) is 97.6 cm³/mol. The molecule has 25 heavy (non-hydrogen) atoms. The summed E-state index contributed by atoms with van der Waals surface area (Å²) < 4.78 is 7.79. The summed E-state index contributed by atoms with van der Waals surface area (Å²) in [6.07, 6.45) is 3.16. The maximum absolute atomic E-state index is 6.11. The Kier molecular flexibility index (Phi) is 4.65. The third-order valence-electron chi connectivity index (χ3n) is 3.59. The maximum atomic E-state index is 6.11. The first-order chi connectivity index (χ1) is 11.9. The van der Waals surface area contributed by atoms with Crippen LogP contribution in [0.4, 0.5) is 5.95 Å². The topological polar surface area (TPSA) is 67.9 Å². The average Bonchev–Trinajstić information content (AvgIpc) is 2.94. The minimum Gasteiger partial charge on any atom is -0.484 e. The lowest BCUT2D eigenvalue weighted by molar-refractivity contribution is 0.218. The van der Waals surface area contributed by atoms with E-state index in [2.05, 4.69) is 40.0 Å². The van der Waals surface area contributed by atoms with Crippen LogP contribution < -0.4 is 4.74 Å². The number of nitrogens with zero attached hydrogens (tertiary/aromatic N) is 6. The van der Waals surface area contributed by atoms with Gasteiger partial charge in [0.25, 0.3) is 11.7 Å². The van der Waals surface area contributed by atoms with E-state index < -0.39 is 0 Å². The van der Waals surface area contributed by atoms with Crippen LogP contribution in [0.2, 0.25) is 0 Å².